The van der Waals surface area contributed by atoms with Crippen molar-refractivity contribution in [2.75, 3.05) is 5.32 Å². The van der Waals surface area contributed by atoms with Gasteiger partial charge in [0.2, 0.25) is 0 Å². The number of nitro groups is 1. The van der Waals surface area contributed by atoms with Crippen LogP contribution in [0.2, 0.25) is 0 Å². The Morgan fingerprint density at radius 1 is 1.50 bits per heavy atom. The lowest BCUT2D eigenvalue weighted by Gasteiger charge is -2.07. The number of hydrogen-bond donors (Lipinski definition) is 1. The van der Waals surface area contributed by atoms with E-state index in [4.69, 9.17) is 0 Å². The van der Waals surface area contributed by atoms with Gasteiger partial charge >= 0.3 is 0 Å². The van der Waals surface area contributed by atoms with Crippen molar-refractivity contribution in [2.45, 2.75) is 6.54 Å². The van der Waals surface area contributed by atoms with Crippen LogP contribution in [-0.2, 0) is 6.54 Å². The van der Waals surface area contributed by atoms with Gasteiger partial charge in [-0.25, -0.2) is 4.39 Å². The zero-order chi connectivity index (χ0) is 13.1. The second-order valence-corrected chi connectivity index (χ2v) is 5.16. The molecular formula is C11H8BrFN2O2S. The topological polar surface area (TPSA) is 55.2 Å². The van der Waals surface area contributed by atoms with Gasteiger partial charge in [-0.05, 0) is 44.4 Å². The maximum Gasteiger partial charge on any atom is 0.295 e. The Morgan fingerprint density at radius 3 is 2.89 bits per heavy atom. The van der Waals surface area contributed by atoms with Gasteiger partial charge in [0.15, 0.2) is 0 Å². The Labute approximate surface area is 115 Å². The van der Waals surface area contributed by atoms with Crippen molar-refractivity contribution in [3.8, 4) is 0 Å². The molecule has 2 rings (SSSR count). The van der Waals surface area contributed by atoms with Gasteiger partial charge in [0, 0.05) is 6.54 Å². The molecule has 0 aliphatic heterocycles. The van der Waals surface area contributed by atoms with Gasteiger partial charge in [0.05, 0.1) is 15.5 Å². The Bertz CT molecular complexity index is 575. The lowest BCUT2D eigenvalue weighted by molar-refractivity contribution is -0.384. The molecule has 4 nitrogen and oxygen atoms in total. The first-order valence-corrected chi connectivity index (χ1v) is 6.70. The summed E-state index contributed by atoms with van der Waals surface area (Å²) >= 11 is 4.56. The highest BCUT2D eigenvalue weighted by Gasteiger charge is 2.17. The molecule has 0 atom stereocenters. The van der Waals surface area contributed by atoms with Gasteiger partial charge in [-0.3, -0.25) is 10.1 Å². The molecule has 0 amide bonds. The second-order valence-electron chi connectivity index (χ2n) is 3.53. The van der Waals surface area contributed by atoms with Gasteiger partial charge in [0.25, 0.3) is 5.69 Å². The minimum atomic E-state index is -0.650. The predicted molar refractivity (Wildman–Crippen MR) is 72.4 cm³/mol. The van der Waals surface area contributed by atoms with Crippen LogP contribution in [0.1, 0.15) is 5.56 Å². The van der Waals surface area contributed by atoms with Crippen LogP contribution >= 0.6 is 27.3 Å². The van der Waals surface area contributed by atoms with Crippen LogP contribution in [-0.4, -0.2) is 4.92 Å². The molecule has 0 aliphatic rings. The Kier molecular flexibility index (Phi) is 3.93. The highest BCUT2D eigenvalue weighted by molar-refractivity contribution is 9.10. The van der Waals surface area contributed by atoms with Gasteiger partial charge < -0.3 is 5.32 Å². The summed E-state index contributed by atoms with van der Waals surface area (Å²) in [7, 11) is 0. The van der Waals surface area contributed by atoms with E-state index in [-0.39, 0.29) is 10.2 Å². The normalized spacial score (nSPS) is 10.3. The summed E-state index contributed by atoms with van der Waals surface area (Å²) in [6, 6.07) is 4.20. The molecule has 18 heavy (non-hydrogen) atoms. The maximum atomic E-state index is 13.3. The molecule has 0 bridgehead atoms. The van der Waals surface area contributed by atoms with Crippen molar-refractivity contribution in [2.24, 2.45) is 0 Å². The van der Waals surface area contributed by atoms with E-state index in [0.29, 0.717) is 12.2 Å². The summed E-state index contributed by atoms with van der Waals surface area (Å²) in [6.45, 7) is 0.461. The van der Waals surface area contributed by atoms with E-state index in [1.54, 1.807) is 11.3 Å². The number of anilines is 1. The lowest BCUT2D eigenvalue weighted by atomic mass is 10.2. The van der Waals surface area contributed by atoms with E-state index in [1.807, 2.05) is 16.8 Å². The van der Waals surface area contributed by atoms with Crippen LogP contribution in [0.15, 0.2) is 33.4 Å². The maximum absolute atomic E-state index is 13.3. The third-order valence-corrected chi connectivity index (χ3v) is 3.64. The minimum Gasteiger partial charge on any atom is -0.375 e. The fourth-order valence-corrected chi connectivity index (χ4v) is 2.43. The quantitative estimate of drug-likeness (QED) is 0.676. The number of nitro benzene ring substituents is 1. The molecule has 1 aromatic heterocycles. The number of nitrogens with one attached hydrogen (secondary N) is 1. The van der Waals surface area contributed by atoms with Crippen molar-refractivity contribution < 1.29 is 9.31 Å². The van der Waals surface area contributed by atoms with E-state index in [2.05, 4.69) is 21.2 Å². The summed E-state index contributed by atoms with van der Waals surface area (Å²) in [6.07, 6.45) is 0. The van der Waals surface area contributed by atoms with Crippen molar-refractivity contribution in [1.29, 1.82) is 0 Å². The van der Waals surface area contributed by atoms with Crippen LogP contribution < -0.4 is 5.32 Å². The molecule has 0 aliphatic carbocycles. The molecule has 7 heteroatoms. The fraction of sp³-hybridized carbons (Fsp3) is 0.0909. The first-order chi connectivity index (χ1) is 8.58. The number of rotatable bonds is 4. The van der Waals surface area contributed by atoms with Crippen molar-refractivity contribution in [1.82, 2.24) is 0 Å². The molecule has 0 fully saturated rings. The Balaban J connectivity index is 2.25. The molecule has 94 valence electrons. The first kappa shape index (κ1) is 13.0. The average molecular weight is 331 g/mol. The summed E-state index contributed by atoms with van der Waals surface area (Å²) in [5, 5.41) is 17.6. The Hall–Kier alpha value is -1.47. The summed E-state index contributed by atoms with van der Waals surface area (Å²) in [5.74, 6) is -0.650. The van der Waals surface area contributed by atoms with E-state index in [0.717, 1.165) is 11.6 Å². The number of thiophene rings is 1. The van der Waals surface area contributed by atoms with E-state index < -0.39 is 10.7 Å². The van der Waals surface area contributed by atoms with Gasteiger partial charge in [-0.15, -0.1) is 0 Å². The molecule has 2 aromatic rings. The van der Waals surface area contributed by atoms with E-state index >= 15 is 0 Å². The standard InChI is InChI=1S/C11H8BrFN2O2S/c12-8-3-10(11(15(16)17)4-9(8)13)14-5-7-1-2-18-6-7/h1-4,6,14H,5H2. The third kappa shape index (κ3) is 2.85. The first-order valence-electron chi connectivity index (χ1n) is 4.96. The summed E-state index contributed by atoms with van der Waals surface area (Å²) in [4.78, 5) is 10.2. The summed E-state index contributed by atoms with van der Waals surface area (Å²) < 4.78 is 13.5. The van der Waals surface area contributed by atoms with Crippen LogP contribution in [0.3, 0.4) is 0 Å². The zero-order valence-corrected chi connectivity index (χ0v) is 11.4. The second kappa shape index (κ2) is 5.45. The monoisotopic (exact) mass is 330 g/mol. The van der Waals surface area contributed by atoms with Crippen LogP contribution in [0, 0.1) is 15.9 Å². The largest absolute Gasteiger partial charge is 0.375 e. The summed E-state index contributed by atoms with van der Waals surface area (Å²) in [5.41, 5.74) is 1.04. The van der Waals surface area contributed by atoms with Crippen LogP contribution in [0.5, 0.6) is 0 Å². The van der Waals surface area contributed by atoms with Gasteiger partial charge in [-0.2, -0.15) is 11.3 Å². The van der Waals surface area contributed by atoms with Gasteiger partial charge in [-0.1, -0.05) is 0 Å². The predicted octanol–water partition coefficient (Wildman–Crippen LogP) is 4.17. The minimum absolute atomic E-state index is 0.195. The molecular weight excluding hydrogens is 323 g/mol. The average Bonchev–Trinajstić information content (AvgIpc) is 2.83. The van der Waals surface area contributed by atoms with Crippen molar-refractivity contribution >= 4 is 38.6 Å². The molecule has 1 heterocycles. The number of halogens is 2. The molecule has 1 aromatic carbocycles. The highest BCUT2D eigenvalue weighted by atomic mass is 79.9. The molecule has 0 spiro atoms. The Morgan fingerprint density at radius 2 is 2.28 bits per heavy atom. The number of hydrogen-bond acceptors (Lipinski definition) is 4. The van der Waals surface area contributed by atoms with Crippen LogP contribution in [0.4, 0.5) is 15.8 Å². The number of benzene rings is 1. The van der Waals surface area contributed by atoms with Crippen LogP contribution in [0.25, 0.3) is 0 Å². The third-order valence-electron chi connectivity index (χ3n) is 2.30. The van der Waals surface area contributed by atoms with Crippen molar-refractivity contribution in [3.05, 3.63) is 54.9 Å². The van der Waals surface area contributed by atoms with E-state index in [9.17, 15) is 14.5 Å². The SMILES string of the molecule is O=[N+]([O-])c1cc(F)c(Br)cc1NCc1ccsc1. The molecule has 0 unspecified atom stereocenters. The smallest absolute Gasteiger partial charge is 0.295 e. The van der Waals surface area contributed by atoms with Gasteiger partial charge in [0.1, 0.15) is 11.5 Å². The van der Waals surface area contributed by atoms with E-state index in [1.165, 1.54) is 6.07 Å². The lowest BCUT2D eigenvalue weighted by Crippen LogP contribution is -2.02. The highest BCUT2D eigenvalue weighted by Crippen LogP contribution is 2.30. The zero-order valence-electron chi connectivity index (χ0n) is 9.02. The number of nitrogens with zero attached hydrogens (tertiary/aromatic N) is 1. The fourth-order valence-electron chi connectivity index (χ4n) is 1.42. The van der Waals surface area contributed by atoms with Crippen molar-refractivity contribution in [3.63, 3.8) is 0 Å². The molecule has 0 saturated heterocycles. The molecule has 0 radical (unpaired) electrons. The molecule has 1 N–H and O–H groups in total. The molecule has 0 saturated carbocycles.